The van der Waals surface area contributed by atoms with Crippen LogP contribution in [0.3, 0.4) is 0 Å². The van der Waals surface area contributed by atoms with Gasteiger partial charge in [-0.3, -0.25) is 0 Å². The van der Waals surface area contributed by atoms with Gasteiger partial charge in [-0.2, -0.15) is 0 Å². The monoisotopic (exact) mass is 74.1 g/mol. The van der Waals surface area contributed by atoms with Crippen molar-refractivity contribution in [3.8, 4) is 0 Å². The molecule has 0 aromatic carbocycles. The van der Waals surface area contributed by atoms with Crippen molar-refractivity contribution in [2.45, 2.75) is 13.3 Å². The standard InChI is InChI=1S/C3H8NO/c1-2-3-4-5/h5H,2-3H2,1H3/q+1. The van der Waals surface area contributed by atoms with Crippen LogP contribution in [0.5, 0.6) is 0 Å². The Bertz CT molecular complexity index is 14.4. The summed E-state index contributed by atoms with van der Waals surface area (Å²) in [6.07, 6.45) is 0.927. The third-order valence-electron chi connectivity index (χ3n) is 0.324. The summed E-state index contributed by atoms with van der Waals surface area (Å²) >= 11 is 0. The molecule has 5 heavy (non-hydrogen) atoms. The molecule has 0 rings (SSSR count). The number of rotatable bonds is 2. The Morgan fingerprint density at radius 1 is 1.80 bits per heavy atom. The molecule has 30 valence electrons. The van der Waals surface area contributed by atoms with Crippen LogP contribution in [0, 0.1) is 0 Å². The van der Waals surface area contributed by atoms with E-state index in [1.54, 1.807) is 0 Å². The Kier molecular flexibility index (Phi) is 3.86. The van der Waals surface area contributed by atoms with E-state index in [0.717, 1.165) is 6.42 Å². The highest BCUT2D eigenvalue weighted by molar-refractivity contribution is 4.21. The summed E-state index contributed by atoms with van der Waals surface area (Å²) in [6, 6.07) is 0. The SMILES string of the molecule is CCC[N+]O. The predicted molar refractivity (Wildman–Crippen MR) is 19.1 cm³/mol. The molecular weight excluding hydrogens is 66.0 g/mol. The van der Waals surface area contributed by atoms with E-state index in [1.807, 2.05) is 6.92 Å². The van der Waals surface area contributed by atoms with E-state index < -0.39 is 0 Å². The Hall–Kier alpha value is -0.0800. The summed E-state index contributed by atoms with van der Waals surface area (Å²) in [6.45, 7) is 2.53. The van der Waals surface area contributed by atoms with Crippen molar-refractivity contribution in [2.24, 2.45) is 0 Å². The van der Waals surface area contributed by atoms with E-state index in [9.17, 15) is 0 Å². The molecule has 0 heterocycles. The fourth-order valence-electron chi connectivity index (χ4n) is 0.1000. The van der Waals surface area contributed by atoms with Gasteiger partial charge in [-0.25, -0.2) is 0 Å². The highest BCUT2D eigenvalue weighted by Crippen LogP contribution is 1.64. The van der Waals surface area contributed by atoms with Gasteiger partial charge in [0.1, 0.15) is 0 Å². The summed E-state index contributed by atoms with van der Waals surface area (Å²) in [5.41, 5.74) is 2.85. The van der Waals surface area contributed by atoms with E-state index in [0.29, 0.717) is 6.54 Å². The summed E-state index contributed by atoms with van der Waals surface area (Å²) in [5, 5.41) is 7.69. The number of nitrogens with zero attached hydrogens (tertiary/aromatic N) is 1. The maximum atomic E-state index is 7.69. The van der Waals surface area contributed by atoms with Gasteiger partial charge >= 0.3 is 0 Å². The second-order valence-electron chi connectivity index (χ2n) is 0.865. The number of hydrogen-bond acceptors (Lipinski definition) is 1. The molecule has 0 fully saturated rings. The summed E-state index contributed by atoms with van der Waals surface area (Å²) < 4.78 is 0. The van der Waals surface area contributed by atoms with Crippen LogP contribution >= 0.6 is 0 Å². The summed E-state index contributed by atoms with van der Waals surface area (Å²) in [4.78, 5) is 0. The van der Waals surface area contributed by atoms with Crippen LogP contribution in [0.4, 0.5) is 0 Å². The van der Waals surface area contributed by atoms with E-state index in [4.69, 9.17) is 5.21 Å². The van der Waals surface area contributed by atoms with Crippen LogP contribution < -0.4 is 5.48 Å². The van der Waals surface area contributed by atoms with Crippen LogP contribution in [0.15, 0.2) is 0 Å². The molecule has 0 aromatic rings. The van der Waals surface area contributed by atoms with Crippen LogP contribution in [0.1, 0.15) is 13.3 Å². The molecule has 0 unspecified atom stereocenters. The van der Waals surface area contributed by atoms with Gasteiger partial charge in [-0.05, 0) is 0 Å². The highest BCUT2D eigenvalue weighted by Gasteiger charge is 1.88. The fourth-order valence-corrected chi connectivity index (χ4v) is 0.1000. The molecule has 2 nitrogen and oxygen atoms in total. The van der Waals surface area contributed by atoms with Crippen molar-refractivity contribution in [3.05, 3.63) is 0 Å². The van der Waals surface area contributed by atoms with Crippen molar-refractivity contribution in [3.63, 3.8) is 0 Å². The fraction of sp³-hybridized carbons (Fsp3) is 1.00. The van der Waals surface area contributed by atoms with E-state index in [2.05, 4.69) is 5.48 Å². The van der Waals surface area contributed by atoms with Crippen molar-refractivity contribution < 1.29 is 5.21 Å². The molecule has 2 radical (unpaired) electrons. The van der Waals surface area contributed by atoms with E-state index in [-0.39, 0.29) is 0 Å². The van der Waals surface area contributed by atoms with Crippen LogP contribution in [-0.4, -0.2) is 11.8 Å². The van der Waals surface area contributed by atoms with Crippen LogP contribution in [0.2, 0.25) is 0 Å². The zero-order chi connectivity index (χ0) is 4.12. The molecule has 0 saturated heterocycles. The molecule has 0 aliphatic rings. The molecule has 1 N–H and O–H groups in total. The first-order chi connectivity index (χ1) is 2.41. The van der Waals surface area contributed by atoms with Crippen molar-refractivity contribution in [2.75, 3.05) is 6.54 Å². The summed E-state index contributed by atoms with van der Waals surface area (Å²) in [5.74, 6) is 0. The minimum Gasteiger partial charge on any atom is -0.100 e. The van der Waals surface area contributed by atoms with Gasteiger partial charge in [0, 0.05) is 6.42 Å². The maximum Gasteiger partial charge on any atom is 0.262 e. The average Bonchev–Trinajstić information content (AvgIpc) is 1.41. The first kappa shape index (κ1) is 4.92. The highest BCUT2D eigenvalue weighted by atomic mass is 16.5. The molecule has 0 atom stereocenters. The Morgan fingerprint density at radius 3 is 2.40 bits per heavy atom. The lowest BCUT2D eigenvalue weighted by atomic mass is 10.5. The molecular formula is C3H8NO+. The van der Waals surface area contributed by atoms with Crippen molar-refractivity contribution >= 4 is 0 Å². The number of hydroxylamine groups is 1. The van der Waals surface area contributed by atoms with E-state index >= 15 is 0 Å². The molecule has 0 amide bonds. The lowest BCUT2D eigenvalue weighted by Crippen LogP contribution is -1.96. The minimum atomic E-state index is 0.569. The quantitative estimate of drug-likeness (QED) is 0.472. The third-order valence-corrected chi connectivity index (χ3v) is 0.324. The molecule has 0 spiro atoms. The molecule has 0 aromatic heterocycles. The van der Waals surface area contributed by atoms with Gasteiger partial charge in [-0.1, -0.05) is 6.92 Å². The van der Waals surface area contributed by atoms with Gasteiger partial charge in [0.15, 0.2) is 0 Å². The second-order valence-corrected chi connectivity index (χ2v) is 0.865. The Labute approximate surface area is 31.8 Å². The number of hydrogen-bond donors (Lipinski definition) is 1. The van der Waals surface area contributed by atoms with Crippen LogP contribution in [-0.2, 0) is 0 Å². The van der Waals surface area contributed by atoms with Gasteiger partial charge in [0.2, 0.25) is 6.54 Å². The molecule has 0 saturated carbocycles. The Morgan fingerprint density at radius 2 is 2.40 bits per heavy atom. The maximum absolute atomic E-state index is 7.69. The normalized spacial score (nSPS) is 8.40. The lowest BCUT2D eigenvalue weighted by Gasteiger charge is -1.61. The topological polar surface area (TPSA) is 34.3 Å². The van der Waals surface area contributed by atoms with Gasteiger partial charge in [0.25, 0.3) is 5.48 Å². The molecule has 2 heteroatoms. The molecule has 0 aliphatic carbocycles. The van der Waals surface area contributed by atoms with Gasteiger partial charge in [0.05, 0.1) is 0 Å². The largest absolute Gasteiger partial charge is 0.262 e. The lowest BCUT2D eigenvalue weighted by molar-refractivity contribution is 0.156. The summed E-state index contributed by atoms with van der Waals surface area (Å²) in [7, 11) is 0. The predicted octanol–water partition coefficient (Wildman–Crippen LogP) is 0.390. The van der Waals surface area contributed by atoms with Gasteiger partial charge in [-0.15, -0.1) is 5.21 Å². The minimum absolute atomic E-state index is 0.569. The van der Waals surface area contributed by atoms with Crippen LogP contribution in [0.25, 0.3) is 0 Å². The smallest absolute Gasteiger partial charge is 0.100 e. The molecule has 0 aliphatic heterocycles. The van der Waals surface area contributed by atoms with Gasteiger partial charge < -0.3 is 0 Å². The second kappa shape index (κ2) is 3.92. The zero-order valence-corrected chi connectivity index (χ0v) is 3.31. The third kappa shape index (κ3) is 3.92. The first-order valence-electron chi connectivity index (χ1n) is 1.72. The Balaban J connectivity index is 2.19. The van der Waals surface area contributed by atoms with E-state index in [1.165, 1.54) is 0 Å². The molecule has 0 bridgehead atoms. The zero-order valence-electron chi connectivity index (χ0n) is 3.31. The van der Waals surface area contributed by atoms with Crippen molar-refractivity contribution in [1.29, 1.82) is 0 Å². The average molecular weight is 74.1 g/mol. The first-order valence-corrected chi connectivity index (χ1v) is 1.72. The van der Waals surface area contributed by atoms with Crippen molar-refractivity contribution in [1.82, 2.24) is 5.48 Å².